The molecule has 0 bridgehead atoms. The highest BCUT2D eigenvalue weighted by atomic mass is 19.1. The quantitative estimate of drug-likeness (QED) is 0.761. The monoisotopic (exact) mass is 216 g/mol. The van der Waals surface area contributed by atoms with Crippen molar-refractivity contribution in [2.75, 3.05) is 26.2 Å². The van der Waals surface area contributed by atoms with E-state index < -0.39 is 5.67 Å². The third-order valence-corrected chi connectivity index (χ3v) is 2.93. The van der Waals surface area contributed by atoms with Gasteiger partial charge in [0, 0.05) is 19.7 Å². The number of aliphatic hydroxyl groups is 1. The molecule has 0 saturated carbocycles. The van der Waals surface area contributed by atoms with Gasteiger partial charge in [-0.2, -0.15) is 0 Å². The largest absolute Gasteiger partial charge is 0.396 e. The molecule has 0 aliphatic carbocycles. The van der Waals surface area contributed by atoms with Gasteiger partial charge in [0.15, 0.2) is 0 Å². The molecule has 0 spiro atoms. The number of hydrogen-bond acceptors (Lipinski definition) is 2. The number of likely N-dealkylation sites (tertiary alicyclic amines) is 1. The molecule has 89 valence electrons. The van der Waals surface area contributed by atoms with Crippen LogP contribution in [0, 0.1) is 5.92 Å². The summed E-state index contributed by atoms with van der Waals surface area (Å²) in [5.74, 6) is 1.33. The summed E-state index contributed by atoms with van der Waals surface area (Å²) in [6, 6.07) is 0. The first kappa shape index (κ1) is 12.9. The number of nitrogens with zero attached hydrogens (tertiary/aromatic N) is 1. The second-order valence-electron chi connectivity index (χ2n) is 5.00. The van der Waals surface area contributed by atoms with Crippen molar-refractivity contribution >= 4 is 0 Å². The molecule has 0 aromatic rings. The molecular weight excluding hydrogens is 193 g/mol. The fourth-order valence-electron chi connectivity index (χ4n) is 2.36. The van der Waals surface area contributed by atoms with Crippen molar-refractivity contribution in [1.29, 1.82) is 0 Å². The first-order valence-electron chi connectivity index (χ1n) is 5.87. The number of halogens is 1. The first-order valence-corrected chi connectivity index (χ1v) is 5.87. The molecule has 0 aromatic heterocycles. The van der Waals surface area contributed by atoms with Crippen LogP contribution in [0.3, 0.4) is 0 Å². The van der Waals surface area contributed by atoms with Gasteiger partial charge in [-0.05, 0) is 38.1 Å². The minimum atomic E-state index is -1.06. The smallest absolute Gasteiger partial charge is 0.123 e. The summed E-state index contributed by atoms with van der Waals surface area (Å²) in [6.45, 7) is 6.73. The third kappa shape index (κ3) is 4.47. The minimum absolute atomic E-state index is 0.102. The molecule has 1 N–H and O–H groups in total. The van der Waals surface area contributed by atoms with Crippen LogP contribution in [-0.4, -0.2) is 41.9 Å². The van der Waals surface area contributed by atoms with Crippen molar-refractivity contribution in [3.63, 3.8) is 0 Å². The highest BCUT2D eigenvalue weighted by Gasteiger charge is 2.34. The Bertz CT molecular complexity index is 186. The number of piperidine rings is 1. The van der Waals surface area contributed by atoms with E-state index in [4.69, 9.17) is 5.11 Å². The van der Waals surface area contributed by atoms with E-state index in [2.05, 4.69) is 18.7 Å². The number of hydrogen-bond donors (Lipinski definition) is 1. The van der Waals surface area contributed by atoms with Crippen LogP contribution in [0.25, 0.3) is 0 Å². The zero-order valence-electron chi connectivity index (χ0n) is 9.93. The second-order valence-corrected chi connectivity index (χ2v) is 5.00. The van der Waals surface area contributed by atoms with Gasteiger partial charge in [-0.25, -0.2) is 4.39 Å². The average Bonchev–Trinajstić information content (AvgIpc) is 2.14. The maximum Gasteiger partial charge on any atom is 0.123 e. The zero-order chi connectivity index (χ0) is 11.3. The lowest BCUT2D eigenvalue weighted by Crippen LogP contribution is -2.46. The summed E-state index contributed by atoms with van der Waals surface area (Å²) in [4.78, 5) is 2.19. The van der Waals surface area contributed by atoms with Crippen molar-refractivity contribution < 1.29 is 9.50 Å². The van der Waals surface area contributed by atoms with E-state index in [9.17, 15) is 4.39 Å². The molecule has 2 nitrogen and oxygen atoms in total. The van der Waals surface area contributed by atoms with Crippen LogP contribution >= 0.6 is 0 Å². The van der Waals surface area contributed by atoms with Crippen LogP contribution in [0.15, 0.2) is 0 Å². The predicted octanol–water partition coefficient (Wildman–Crippen LogP) is 2.18. The van der Waals surface area contributed by atoms with Crippen molar-refractivity contribution in [3.8, 4) is 0 Å². The Morgan fingerprint density at radius 3 is 2.80 bits per heavy atom. The van der Waals surface area contributed by atoms with E-state index in [1.165, 1.54) is 5.92 Å². The van der Waals surface area contributed by atoms with Crippen LogP contribution in [-0.2, 0) is 0 Å². The van der Waals surface area contributed by atoms with Crippen molar-refractivity contribution in [2.45, 2.75) is 45.2 Å². The summed E-state index contributed by atoms with van der Waals surface area (Å²) in [5, 5.41) is 8.74. The predicted molar refractivity (Wildman–Crippen MR) is 60.4 cm³/mol. The molecule has 1 fully saturated rings. The maximum atomic E-state index is 14.3. The molecule has 15 heavy (non-hydrogen) atoms. The molecule has 1 aliphatic heterocycles. The van der Waals surface area contributed by atoms with E-state index in [0.717, 1.165) is 19.5 Å². The Morgan fingerprint density at radius 1 is 1.47 bits per heavy atom. The summed E-state index contributed by atoms with van der Waals surface area (Å²) in [6.07, 6.45) is 2.68. The van der Waals surface area contributed by atoms with E-state index in [1.807, 2.05) is 0 Å². The Morgan fingerprint density at radius 2 is 2.20 bits per heavy atom. The normalized spacial score (nSPS) is 28.6. The molecule has 1 aliphatic rings. The van der Waals surface area contributed by atoms with Crippen LogP contribution in [0.5, 0.6) is 0 Å². The third-order valence-electron chi connectivity index (χ3n) is 2.93. The number of aliphatic hydroxyl groups excluding tert-OH is 1. The lowest BCUT2D eigenvalue weighted by Gasteiger charge is -2.38. The maximum absolute atomic E-state index is 14.3. The Hall–Kier alpha value is -0.150. The molecule has 0 unspecified atom stereocenters. The van der Waals surface area contributed by atoms with Gasteiger partial charge in [-0.15, -0.1) is 0 Å². The standard InChI is InChI=1S/C12H23FNO/c1-11(2)9-14-7-3-5-12(13,10-14)6-4-8-15/h15H,3-10H2,1-2H3/t12-/m1/s1. The van der Waals surface area contributed by atoms with Crippen molar-refractivity contribution in [1.82, 2.24) is 4.90 Å². The van der Waals surface area contributed by atoms with Gasteiger partial charge in [0.2, 0.25) is 0 Å². The molecule has 0 aromatic carbocycles. The topological polar surface area (TPSA) is 23.5 Å². The van der Waals surface area contributed by atoms with E-state index in [1.54, 1.807) is 0 Å². The molecule has 0 amide bonds. The molecule has 1 saturated heterocycles. The van der Waals surface area contributed by atoms with Gasteiger partial charge in [0.25, 0.3) is 0 Å². The summed E-state index contributed by atoms with van der Waals surface area (Å²) >= 11 is 0. The molecule has 1 heterocycles. The lowest BCUT2D eigenvalue weighted by molar-refractivity contribution is 0.0350. The molecule has 1 rings (SSSR count). The summed E-state index contributed by atoms with van der Waals surface area (Å²) in [7, 11) is 0. The van der Waals surface area contributed by atoms with Crippen LogP contribution in [0.1, 0.15) is 39.5 Å². The summed E-state index contributed by atoms with van der Waals surface area (Å²) in [5.41, 5.74) is -1.06. The minimum Gasteiger partial charge on any atom is -0.396 e. The summed E-state index contributed by atoms with van der Waals surface area (Å²) < 4.78 is 14.3. The Labute approximate surface area is 92.5 Å². The van der Waals surface area contributed by atoms with E-state index in [0.29, 0.717) is 25.8 Å². The van der Waals surface area contributed by atoms with E-state index in [-0.39, 0.29) is 6.61 Å². The Kier molecular flexibility index (Phi) is 5.00. The number of rotatable bonds is 5. The van der Waals surface area contributed by atoms with E-state index >= 15 is 0 Å². The Balaban J connectivity index is 2.39. The second kappa shape index (κ2) is 5.80. The van der Waals surface area contributed by atoms with Gasteiger partial charge in [0.1, 0.15) is 5.67 Å². The molecule has 1 radical (unpaired) electrons. The molecular formula is C12H23FNO. The SMILES string of the molecule is C[C](C)CN1CCC[C@@](F)(CCCO)C1. The van der Waals surface area contributed by atoms with Gasteiger partial charge >= 0.3 is 0 Å². The molecule has 1 atom stereocenters. The highest BCUT2D eigenvalue weighted by Crippen LogP contribution is 2.30. The van der Waals surface area contributed by atoms with Crippen molar-refractivity contribution in [3.05, 3.63) is 5.92 Å². The van der Waals surface area contributed by atoms with Crippen LogP contribution in [0.2, 0.25) is 0 Å². The van der Waals surface area contributed by atoms with Gasteiger partial charge in [-0.3, -0.25) is 4.90 Å². The lowest BCUT2D eigenvalue weighted by atomic mass is 9.90. The fraction of sp³-hybridized carbons (Fsp3) is 0.917. The van der Waals surface area contributed by atoms with Gasteiger partial charge in [0.05, 0.1) is 0 Å². The van der Waals surface area contributed by atoms with Crippen LogP contribution in [0.4, 0.5) is 4.39 Å². The van der Waals surface area contributed by atoms with Crippen LogP contribution < -0.4 is 0 Å². The molecule has 3 heteroatoms. The fourth-order valence-corrected chi connectivity index (χ4v) is 2.36. The first-order chi connectivity index (χ1) is 7.06. The average molecular weight is 216 g/mol. The number of alkyl halides is 1. The zero-order valence-corrected chi connectivity index (χ0v) is 9.93. The van der Waals surface area contributed by atoms with Crippen molar-refractivity contribution in [2.24, 2.45) is 0 Å². The van der Waals surface area contributed by atoms with Gasteiger partial charge < -0.3 is 5.11 Å². The highest BCUT2D eigenvalue weighted by molar-refractivity contribution is 4.91. The van der Waals surface area contributed by atoms with Gasteiger partial charge in [-0.1, -0.05) is 13.8 Å².